The van der Waals surface area contributed by atoms with Gasteiger partial charge in [-0.25, -0.2) is 0 Å². The highest BCUT2D eigenvalue weighted by atomic mass is 35.5. The van der Waals surface area contributed by atoms with Crippen molar-refractivity contribution < 1.29 is 0 Å². The van der Waals surface area contributed by atoms with Crippen LogP contribution in [0.4, 0.5) is 5.82 Å². The maximum Gasteiger partial charge on any atom is 0.186 e. The third kappa shape index (κ3) is 1.99. The van der Waals surface area contributed by atoms with E-state index in [1.165, 1.54) is 0 Å². The second-order valence-electron chi connectivity index (χ2n) is 3.79. The van der Waals surface area contributed by atoms with Gasteiger partial charge in [-0.3, -0.25) is 4.90 Å². The molecular weight excluding hydrogens is 220 g/mol. The molecule has 1 fully saturated rings. The third-order valence-corrected chi connectivity index (χ3v) is 3.32. The quantitative estimate of drug-likeness (QED) is 0.861. The summed E-state index contributed by atoms with van der Waals surface area (Å²) in [5.41, 5.74) is 0. The molecule has 0 radical (unpaired) electrons. The number of anilines is 1. The SMILES string of the molecule is CC(C)N1CC(Nc2nsnc2Cl)C1. The average Bonchev–Trinajstić information content (AvgIpc) is 2.42. The fourth-order valence-corrected chi connectivity index (χ4v) is 2.14. The number of hydrogen-bond donors (Lipinski definition) is 1. The summed E-state index contributed by atoms with van der Waals surface area (Å²) < 4.78 is 7.98. The van der Waals surface area contributed by atoms with Gasteiger partial charge in [-0.15, -0.1) is 0 Å². The van der Waals surface area contributed by atoms with Gasteiger partial charge in [0.25, 0.3) is 0 Å². The van der Waals surface area contributed by atoms with Crippen LogP contribution in [0.5, 0.6) is 0 Å². The van der Waals surface area contributed by atoms with Crippen molar-refractivity contribution in [3.8, 4) is 0 Å². The Bertz CT molecular complexity index is 308. The minimum atomic E-state index is 0.471. The zero-order valence-electron chi connectivity index (χ0n) is 8.20. The summed E-state index contributed by atoms with van der Waals surface area (Å²) in [6, 6.07) is 1.09. The van der Waals surface area contributed by atoms with Gasteiger partial charge in [-0.05, 0) is 13.8 Å². The summed E-state index contributed by atoms with van der Waals surface area (Å²) in [7, 11) is 0. The van der Waals surface area contributed by atoms with Crippen molar-refractivity contribution in [3.63, 3.8) is 0 Å². The van der Waals surface area contributed by atoms with Crippen LogP contribution in [0.15, 0.2) is 0 Å². The first kappa shape index (κ1) is 10.1. The molecule has 2 heterocycles. The minimum absolute atomic E-state index is 0.471. The summed E-state index contributed by atoms with van der Waals surface area (Å²) in [4.78, 5) is 2.39. The molecular formula is C8H13ClN4S. The molecule has 4 nitrogen and oxygen atoms in total. The van der Waals surface area contributed by atoms with Gasteiger partial charge in [0.1, 0.15) is 0 Å². The van der Waals surface area contributed by atoms with Gasteiger partial charge in [0.15, 0.2) is 11.0 Å². The van der Waals surface area contributed by atoms with Crippen molar-refractivity contribution >= 4 is 29.1 Å². The molecule has 0 aliphatic carbocycles. The molecule has 0 aromatic carbocycles. The lowest BCUT2D eigenvalue weighted by Gasteiger charge is -2.42. The molecule has 1 saturated heterocycles. The van der Waals surface area contributed by atoms with E-state index in [2.05, 4.69) is 32.8 Å². The Morgan fingerprint density at radius 2 is 2.21 bits per heavy atom. The van der Waals surface area contributed by atoms with Gasteiger partial charge >= 0.3 is 0 Å². The van der Waals surface area contributed by atoms with Crippen LogP contribution >= 0.6 is 23.3 Å². The Morgan fingerprint density at radius 3 is 2.71 bits per heavy atom. The fourth-order valence-electron chi connectivity index (χ4n) is 1.48. The molecule has 0 bridgehead atoms. The number of nitrogens with zero attached hydrogens (tertiary/aromatic N) is 3. The molecule has 0 amide bonds. The van der Waals surface area contributed by atoms with Crippen LogP contribution in [-0.4, -0.2) is 38.8 Å². The Kier molecular flexibility index (Phi) is 2.90. The van der Waals surface area contributed by atoms with Gasteiger partial charge in [-0.2, -0.15) is 8.75 Å². The van der Waals surface area contributed by atoms with E-state index < -0.39 is 0 Å². The van der Waals surface area contributed by atoms with Crippen molar-refractivity contribution in [2.75, 3.05) is 18.4 Å². The highest BCUT2D eigenvalue weighted by Crippen LogP contribution is 2.22. The van der Waals surface area contributed by atoms with E-state index in [1.54, 1.807) is 0 Å². The third-order valence-electron chi connectivity index (χ3n) is 2.43. The maximum absolute atomic E-state index is 5.82. The summed E-state index contributed by atoms with van der Waals surface area (Å²) in [6.07, 6.45) is 0. The van der Waals surface area contributed by atoms with Crippen LogP contribution in [0, 0.1) is 0 Å². The Labute approximate surface area is 92.6 Å². The largest absolute Gasteiger partial charge is 0.361 e. The van der Waals surface area contributed by atoms with Gasteiger partial charge in [0.2, 0.25) is 0 Å². The first-order chi connectivity index (χ1) is 6.66. The van der Waals surface area contributed by atoms with E-state index >= 15 is 0 Å². The normalized spacial score (nSPS) is 18.6. The lowest BCUT2D eigenvalue weighted by Crippen LogP contribution is -2.57. The average molecular weight is 233 g/mol. The number of nitrogens with one attached hydrogen (secondary N) is 1. The molecule has 0 spiro atoms. The summed E-state index contributed by atoms with van der Waals surface area (Å²) in [6.45, 7) is 6.53. The van der Waals surface area contributed by atoms with Gasteiger partial charge < -0.3 is 5.32 Å². The highest BCUT2D eigenvalue weighted by molar-refractivity contribution is 6.99. The van der Waals surface area contributed by atoms with E-state index in [0.717, 1.165) is 30.6 Å². The number of likely N-dealkylation sites (tertiary alicyclic amines) is 1. The summed E-state index contributed by atoms with van der Waals surface area (Å²) in [5.74, 6) is 0.727. The topological polar surface area (TPSA) is 41.0 Å². The zero-order valence-corrected chi connectivity index (χ0v) is 9.77. The minimum Gasteiger partial charge on any atom is -0.361 e. The van der Waals surface area contributed by atoms with Gasteiger partial charge in [0.05, 0.1) is 17.8 Å². The van der Waals surface area contributed by atoms with E-state index in [0.29, 0.717) is 17.2 Å². The number of rotatable bonds is 3. The van der Waals surface area contributed by atoms with E-state index in [4.69, 9.17) is 11.6 Å². The molecule has 1 aromatic rings. The van der Waals surface area contributed by atoms with Crippen molar-refractivity contribution in [1.82, 2.24) is 13.6 Å². The second kappa shape index (κ2) is 4.00. The maximum atomic E-state index is 5.82. The first-order valence-corrected chi connectivity index (χ1v) is 5.76. The monoisotopic (exact) mass is 232 g/mol. The molecule has 1 N–H and O–H groups in total. The smallest absolute Gasteiger partial charge is 0.186 e. The second-order valence-corrected chi connectivity index (χ2v) is 4.68. The molecule has 78 valence electrons. The van der Waals surface area contributed by atoms with Crippen LogP contribution in [0.2, 0.25) is 5.15 Å². The summed E-state index contributed by atoms with van der Waals surface area (Å²) >= 11 is 6.97. The Balaban J connectivity index is 1.82. The Morgan fingerprint density at radius 1 is 1.50 bits per heavy atom. The van der Waals surface area contributed by atoms with Crippen molar-refractivity contribution in [3.05, 3.63) is 5.15 Å². The fraction of sp³-hybridized carbons (Fsp3) is 0.750. The van der Waals surface area contributed by atoms with E-state index in [9.17, 15) is 0 Å². The lowest BCUT2D eigenvalue weighted by molar-refractivity contribution is 0.122. The first-order valence-electron chi connectivity index (χ1n) is 4.65. The van der Waals surface area contributed by atoms with Crippen LogP contribution in [0.3, 0.4) is 0 Å². The molecule has 1 aromatic heterocycles. The van der Waals surface area contributed by atoms with Crippen molar-refractivity contribution in [2.24, 2.45) is 0 Å². The van der Waals surface area contributed by atoms with Crippen molar-refractivity contribution in [2.45, 2.75) is 25.9 Å². The number of hydrogen-bond acceptors (Lipinski definition) is 5. The van der Waals surface area contributed by atoms with Crippen LogP contribution in [0.1, 0.15) is 13.8 Å². The number of halogens is 1. The van der Waals surface area contributed by atoms with Gasteiger partial charge in [-0.1, -0.05) is 11.6 Å². The zero-order chi connectivity index (χ0) is 10.1. The lowest BCUT2D eigenvalue weighted by atomic mass is 10.1. The van der Waals surface area contributed by atoms with Crippen LogP contribution < -0.4 is 5.32 Å². The molecule has 0 atom stereocenters. The summed E-state index contributed by atoms with van der Waals surface area (Å²) in [5, 5.41) is 3.76. The van der Waals surface area contributed by atoms with Crippen LogP contribution in [-0.2, 0) is 0 Å². The van der Waals surface area contributed by atoms with Crippen molar-refractivity contribution in [1.29, 1.82) is 0 Å². The molecule has 6 heteroatoms. The molecule has 1 aliphatic heterocycles. The molecule has 1 aliphatic rings. The van der Waals surface area contributed by atoms with Crippen LogP contribution in [0.25, 0.3) is 0 Å². The predicted molar refractivity (Wildman–Crippen MR) is 59.0 cm³/mol. The number of aromatic nitrogens is 2. The molecule has 14 heavy (non-hydrogen) atoms. The Hall–Kier alpha value is -0.390. The highest BCUT2D eigenvalue weighted by Gasteiger charge is 2.29. The molecule has 0 saturated carbocycles. The van der Waals surface area contributed by atoms with E-state index in [1.807, 2.05) is 0 Å². The predicted octanol–water partition coefficient (Wildman–Crippen LogP) is 1.70. The van der Waals surface area contributed by atoms with E-state index in [-0.39, 0.29) is 0 Å². The van der Waals surface area contributed by atoms with Gasteiger partial charge in [0, 0.05) is 19.1 Å². The standard InChI is InChI=1S/C8H13ClN4S/c1-5(2)13-3-6(4-13)10-8-7(9)11-14-12-8/h5-6H,3-4H2,1-2H3,(H,10,12). The molecule has 0 unspecified atom stereocenters. The molecule has 2 rings (SSSR count).